The molecule has 2 rings (SSSR count). The minimum Gasteiger partial charge on any atom is -0.497 e. The second kappa shape index (κ2) is 5.87. The van der Waals surface area contributed by atoms with Crippen molar-refractivity contribution < 1.29 is 9.53 Å². The number of methoxy groups -OCH3 is 1. The zero-order valence-electron chi connectivity index (χ0n) is 10.6. The van der Waals surface area contributed by atoms with Crippen LogP contribution in [0.25, 0.3) is 0 Å². The van der Waals surface area contributed by atoms with Gasteiger partial charge < -0.3 is 4.74 Å². The molecule has 0 unspecified atom stereocenters. The molecular weight excluding hydrogens is 328 g/mol. The van der Waals surface area contributed by atoms with Crippen LogP contribution in [-0.4, -0.2) is 22.6 Å². The summed E-state index contributed by atoms with van der Waals surface area (Å²) in [5.74, 6) is 0.252. The zero-order valence-corrected chi connectivity index (χ0v) is 12.1. The summed E-state index contributed by atoms with van der Waals surface area (Å²) in [7, 11) is 1.55. The highest BCUT2D eigenvalue weighted by Crippen LogP contribution is 2.12. The van der Waals surface area contributed by atoms with Gasteiger partial charge in [-0.25, -0.2) is 9.36 Å². The second-order valence-corrected chi connectivity index (χ2v) is 4.88. The van der Waals surface area contributed by atoms with Crippen LogP contribution in [0.5, 0.6) is 5.75 Å². The van der Waals surface area contributed by atoms with E-state index in [4.69, 9.17) is 4.74 Å². The first kappa shape index (κ1) is 14.3. The number of aromatic amines is 1. The van der Waals surface area contributed by atoms with E-state index in [1.54, 1.807) is 31.4 Å². The zero-order chi connectivity index (χ0) is 14.7. The molecule has 0 radical (unpaired) electrons. The van der Waals surface area contributed by atoms with Gasteiger partial charge in [-0.15, -0.1) is 0 Å². The topological polar surface area (TPSA) is 81.2 Å². The summed E-state index contributed by atoms with van der Waals surface area (Å²) in [5.41, 5.74) is -0.578. The summed E-state index contributed by atoms with van der Waals surface area (Å²) in [6.45, 7) is 0. The smallest absolute Gasteiger partial charge is 0.335 e. The standard InChI is InChI=1S/C13H11BrN2O4/c1-20-9-4-2-8(3-5-9)6-11(17)16-7-10(14)12(18)15-13(16)19/h2-5,7H,6H2,1H3,(H,15,18,19). The van der Waals surface area contributed by atoms with Crippen LogP contribution in [0.2, 0.25) is 0 Å². The van der Waals surface area contributed by atoms with Gasteiger partial charge in [-0.1, -0.05) is 12.1 Å². The summed E-state index contributed by atoms with van der Waals surface area (Å²) >= 11 is 2.98. The fraction of sp³-hybridized carbons (Fsp3) is 0.154. The van der Waals surface area contributed by atoms with Gasteiger partial charge in [-0.3, -0.25) is 14.6 Å². The van der Waals surface area contributed by atoms with Crippen LogP contribution in [0, 0.1) is 0 Å². The van der Waals surface area contributed by atoms with Gasteiger partial charge in [0.1, 0.15) is 5.75 Å². The Morgan fingerprint density at radius 2 is 1.95 bits per heavy atom. The molecule has 0 bridgehead atoms. The van der Waals surface area contributed by atoms with E-state index in [1.165, 1.54) is 6.20 Å². The molecule has 0 fully saturated rings. The monoisotopic (exact) mass is 338 g/mol. The van der Waals surface area contributed by atoms with E-state index in [9.17, 15) is 14.4 Å². The molecule has 1 heterocycles. The predicted molar refractivity (Wildman–Crippen MR) is 76.3 cm³/mol. The number of aromatic nitrogens is 2. The van der Waals surface area contributed by atoms with E-state index in [1.807, 2.05) is 0 Å². The normalized spacial score (nSPS) is 10.3. The number of halogens is 1. The summed E-state index contributed by atoms with van der Waals surface area (Å²) < 4.78 is 6.02. The van der Waals surface area contributed by atoms with Crippen molar-refractivity contribution in [2.75, 3.05) is 7.11 Å². The maximum Gasteiger partial charge on any atom is 0.335 e. The van der Waals surface area contributed by atoms with E-state index >= 15 is 0 Å². The molecule has 1 aromatic heterocycles. The molecule has 1 aromatic carbocycles. The van der Waals surface area contributed by atoms with Crippen LogP contribution in [0.3, 0.4) is 0 Å². The van der Waals surface area contributed by atoms with Gasteiger partial charge >= 0.3 is 5.69 Å². The number of hydrogen-bond donors (Lipinski definition) is 1. The summed E-state index contributed by atoms with van der Waals surface area (Å²) in [4.78, 5) is 36.9. The second-order valence-electron chi connectivity index (χ2n) is 4.02. The lowest BCUT2D eigenvalue weighted by Crippen LogP contribution is -2.34. The van der Waals surface area contributed by atoms with Crippen molar-refractivity contribution in [3.05, 3.63) is 61.3 Å². The molecular formula is C13H11BrN2O4. The van der Waals surface area contributed by atoms with Gasteiger partial charge in [0, 0.05) is 6.20 Å². The average Bonchev–Trinajstić information content (AvgIpc) is 2.43. The number of hydrogen-bond acceptors (Lipinski definition) is 4. The molecule has 0 aliphatic carbocycles. The minimum absolute atomic E-state index is 0.0440. The maximum atomic E-state index is 12.0. The highest BCUT2D eigenvalue weighted by atomic mass is 79.9. The van der Waals surface area contributed by atoms with Crippen LogP contribution in [0.15, 0.2) is 44.5 Å². The van der Waals surface area contributed by atoms with E-state index < -0.39 is 17.2 Å². The van der Waals surface area contributed by atoms with Crippen molar-refractivity contribution in [1.29, 1.82) is 0 Å². The molecule has 0 saturated carbocycles. The van der Waals surface area contributed by atoms with Gasteiger partial charge in [-0.2, -0.15) is 0 Å². The van der Waals surface area contributed by atoms with Crippen molar-refractivity contribution in [2.24, 2.45) is 0 Å². The van der Waals surface area contributed by atoms with Crippen molar-refractivity contribution >= 4 is 21.8 Å². The predicted octanol–water partition coefficient (Wildman–Crippen LogP) is 1.19. The third kappa shape index (κ3) is 3.05. The number of nitrogens with zero attached hydrogens (tertiary/aromatic N) is 1. The lowest BCUT2D eigenvalue weighted by molar-refractivity contribution is 0.0907. The van der Waals surface area contributed by atoms with Crippen LogP contribution in [-0.2, 0) is 6.42 Å². The third-order valence-corrected chi connectivity index (χ3v) is 3.25. The molecule has 0 amide bonds. The van der Waals surface area contributed by atoms with E-state index in [0.29, 0.717) is 5.75 Å². The number of nitrogens with one attached hydrogen (secondary N) is 1. The van der Waals surface area contributed by atoms with Crippen LogP contribution < -0.4 is 16.0 Å². The van der Waals surface area contributed by atoms with Crippen molar-refractivity contribution in [1.82, 2.24) is 9.55 Å². The molecule has 0 saturated heterocycles. The van der Waals surface area contributed by atoms with E-state index in [2.05, 4.69) is 20.9 Å². The number of H-pyrrole nitrogens is 1. The fourth-order valence-electron chi connectivity index (χ4n) is 1.64. The largest absolute Gasteiger partial charge is 0.497 e. The first-order valence-electron chi connectivity index (χ1n) is 5.69. The number of rotatable bonds is 3. The molecule has 6 nitrogen and oxygen atoms in total. The maximum absolute atomic E-state index is 12.0. The average molecular weight is 339 g/mol. The van der Waals surface area contributed by atoms with Crippen LogP contribution in [0.4, 0.5) is 0 Å². The lowest BCUT2D eigenvalue weighted by atomic mass is 10.1. The molecule has 7 heteroatoms. The molecule has 0 aliphatic heterocycles. The molecule has 2 aromatic rings. The van der Waals surface area contributed by atoms with Crippen molar-refractivity contribution in [3.8, 4) is 5.75 Å². The highest BCUT2D eigenvalue weighted by Gasteiger charge is 2.10. The Bertz CT molecular complexity index is 746. The lowest BCUT2D eigenvalue weighted by Gasteiger charge is -2.05. The fourth-order valence-corrected chi connectivity index (χ4v) is 1.94. The third-order valence-electron chi connectivity index (χ3n) is 2.68. The first-order chi connectivity index (χ1) is 9.51. The quantitative estimate of drug-likeness (QED) is 0.911. The van der Waals surface area contributed by atoms with Gasteiger partial charge in [0.2, 0.25) is 5.91 Å². The van der Waals surface area contributed by atoms with Crippen LogP contribution >= 0.6 is 15.9 Å². The van der Waals surface area contributed by atoms with Crippen LogP contribution in [0.1, 0.15) is 10.4 Å². The minimum atomic E-state index is -0.753. The highest BCUT2D eigenvalue weighted by molar-refractivity contribution is 9.10. The molecule has 104 valence electrons. The Hall–Kier alpha value is -2.15. The Kier molecular flexibility index (Phi) is 4.19. The van der Waals surface area contributed by atoms with Crippen molar-refractivity contribution in [3.63, 3.8) is 0 Å². The Labute approximate surface area is 122 Å². The van der Waals surface area contributed by atoms with Gasteiger partial charge in [-0.05, 0) is 33.6 Å². The summed E-state index contributed by atoms with van der Waals surface area (Å²) in [6.07, 6.45) is 1.22. The van der Waals surface area contributed by atoms with Gasteiger partial charge in [0.05, 0.1) is 18.0 Å². The SMILES string of the molecule is COc1ccc(CC(=O)n2cc(Br)c(=O)[nH]c2=O)cc1. The Morgan fingerprint density at radius 1 is 1.30 bits per heavy atom. The van der Waals surface area contributed by atoms with Crippen molar-refractivity contribution in [2.45, 2.75) is 6.42 Å². The number of ether oxygens (including phenoxy) is 1. The molecule has 1 N–H and O–H groups in total. The Morgan fingerprint density at radius 3 is 2.55 bits per heavy atom. The van der Waals surface area contributed by atoms with Gasteiger partial charge in [0.15, 0.2) is 0 Å². The first-order valence-corrected chi connectivity index (χ1v) is 6.48. The number of carbonyl (C=O) groups is 1. The molecule has 0 spiro atoms. The van der Waals surface area contributed by atoms with E-state index in [0.717, 1.165) is 10.1 Å². The van der Waals surface area contributed by atoms with Gasteiger partial charge in [0.25, 0.3) is 5.56 Å². The van der Waals surface area contributed by atoms with E-state index in [-0.39, 0.29) is 10.9 Å². The number of carbonyl (C=O) groups excluding carboxylic acids is 1. The number of benzene rings is 1. The summed E-state index contributed by atoms with van der Waals surface area (Å²) in [5, 5.41) is 0. The molecule has 0 atom stereocenters. The Balaban J connectivity index is 2.25. The molecule has 20 heavy (non-hydrogen) atoms. The molecule has 0 aliphatic rings. The summed E-state index contributed by atoms with van der Waals surface area (Å²) in [6, 6.07) is 6.94.